The Morgan fingerprint density at radius 3 is 2.71 bits per heavy atom. The van der Waals surface area contributed by atoms with Gasteiger partial charge in [0.2, 0.25) is 0 Å². The normalized spacial score (nSPS) is 10.3. The minimum absolute atomic E-state index is 0.674. The zero-order chi connectivity index (χ0) is 12.4. The van der Waals surface area contributed by atoms with Gasteiger partial charge >= 0.3 is 0 Å². The predicted octanol–water partition coefficient (Wildman–Crippen LogP) is 4.00. The van der Waals surface area contributed by atoms with Crippen molar-refractivity contribution in [2.45, 2.75) is 0 Å². The van der Waals surface area contributed by atoms with Crippen molar-refractivity contribution >= 4 is 59.0 Å². The van der Waals surface area contributed by atoms with Crippen LogP contribution in [0.5, 0.6) is 5.75 Å². The summed E-state index contributed by atoms with van der Waals surface area (Å²) in [6.45, 7) is 0. The summed E-state index contributed by atoms with van der Waals surface area (Å²) >= 11 is 8.28. The summed E-state index contributed by atoms with van der Waals surface area (Å²) in [5.41, 5.74) is 6.50. The molecule has 0 saturated carbocycles. The number of aromatic nitrogens is 1. The maximum atomic E-state index is 5.62. The van der Waals surface area contributed by atoms with Crippen LogP contribution in [0.25, 0.3) is 0 Å². The molecule has 0 radical (unpaired) electrons. The Kier molecular flexibility index (Phi) is 3.90. The van der Waals surface area contributed by atoms with Gasteiger partial charge in [0.05, 0.1) is 23.5 Å². The third kappa shape index (κ3) is 2.91. The number of nitrogens with one attached hydrogen (secondary N) is 1. The fraction of sp³-hybridized carbons (Fsp3) is 0.100. The molecule has 7 heteroatoms. The largest absolute Gasteiger partial charge is 0.495 e. The highest BCUT2D eigenvalue weighted by molar-refractivity contribution is 9.11. The van der Waals surface area contributed by atoms with Crippen LogP contribution in [0.3, 0.4) is 0 Å². The van der Waals surface area contributed by atoms with Crippen LogP contribution in [0.15, 0.2) is 27.3 Å². The number of halogens is 2. The second kappa shape index (κ2) is 5.24. The van der Waals surface area contributed by atoms with Crippen molar-refractivity contribution in [3.8, 4) is 5.75 Å². The first-order valence-electron chi connectivity index (χ1n) is 4.61. The smallest absolute Gasteiger partial charge is 0.189 e. The molecule has 0 spiro atoms. The summed E-state index contributed by atoms with van der Waals surface area (Å²) in [5, 5.41) is 4.59. The molecular weight excluding hydrogens is 370 g/mol. The van der Waals surface area contributed by atoms with E-state index >= 15 is 0 Å². The first-order chi connectivity index (χ1) is 8.10. The number of methoxy groups -OCH3 is 1. The third-order valence-corrected chi connectivity index (χ3v) is 4.02. The fourth-order valence-electron chi connectivity index (χ4n) is 1.24. The van der Waals surface area contributed by atoms with Gasteiger partial charge in [0.25, 0.3) is 0 Å². The van der Waals surface area contributed by atoms with Gasteiger partial charge in [0.15, 0.2) is 5.13 Å². The van der Waals surface area contributed by atoms with Crippen LogP contribution in [-0.2, 0) is 0 Å². The van der Waals surface area contributed by atoms with Crippen molar-refractivity contribution in [2.75, 3.05) is 18.2 Å². The average molecular weight is 379 g/mol. The summed E-state index contributed by atoms with van der Waals surface area (Å²) in [5.74, 6) is 0.750. The van der Waals surface area contributed by atoms with Crippen molar-refractivity contribution in [1.82, 2.24) is 4.98 Å². The van der Waals surface area contributed by atoms with Crippen molar-refractivity contribution in [1.29, 1.82) is 0 Å². The van der Waals surface area contributed by atoms with Gasteiger partial charge in [-0.1, -0.05) is 11.3 Å². The molecule has 0 saturated heterocycles. The van der Waals surface area contributed by atoms with E-state index in [0.717, 1.165) is 25.5 Å². The summed E-state index contributed by atoms with van der Waals surface area (Å²) in [4.78, 5) is 4.14. The van der Waals surface area contributed by atoms with Gasteiger partial charge < -0.3 is 15.8 Å². The van der Waals surface area contributed by atoms with E-state index < -0.39 is 0 Å². The van der Waals surface area contributed by atoms with Crippen molar-refractivity contribution in [3.63, 3.8) is 0 Å². The molecule has 0 fully saturated rings. The van der Waals surface area contributed by atoms with Gasteiger partial charge in [-0.2, -0.15) is 0 Å². The Balaban J connectivity index is 2.32. The molecule has 4 nitrogen and oxygen atoms in total. The first kappa shape index (κ1) is 12.7. The molecule has 0 aliphatic carbocycles. The van der Waals surface area contributed by atoms with Crippen LogP contribution < -0.4 is 15.8 Å². The number of benzene rings is 1. The molecule has 3 N–H and O–H groups in total. The zero-order valence-electron chi connectivity index (χ0n) is 8.83. The molecule has 0 atom stereocenters. The van der Waals surface area contributed by atoms with E-state index in [0.29, 0.717) is 5.00 Å². The Morgan fingerprint density at radius 2 is 2.12 bits per heavy atom. The lowest BCUT2D eigenvalue weighted by Crippen LogP contribution is -1.93. The molecule has 1 aromatic heterocycles. The van der Waals surface area contributed by atoms with Crippen LogP contribution in [0, 0.1) is 0 Å². The highest BCUT2D eigenvalue weighted by atomic mass is 79.9. The van der Waals surface area contributed by atoms with Crippen LogP contribution in [0.4, 0.5) is 15.8 Å². The molecule has 90 valence electrons. The Hall–Kier alpha value is -0.790. The number of thiazole rings is 1. The second-order valence-electron chi connectivity index (χ2n) is 3.16. The van der Waals surface area contributed by atoms with Crippen molar-refractivity contribution in [2.24, 2.45) is 0 Å². The molecule has 2 rings (SSSR count). The molecule has 1 heterocycles. The molecule has 0 amide bonds. The molecule has 2 aromatic rings. The molecule has 0 aliphatic heterocycles. The van der Waals surface area contributed by atoms with Gasteiger partial charge in [-0.05, 0) is 37.9 Å². The quantitative estimate of drug-likeness (QED) is 0.847. The lowest BCUT2D eigenvalue weighted by molar-refractivity contribution is 0.412. The highest BCUT2D eigenvalue weighted by Gasteiger charge is 2.08. The average Bonchev–Trinajstić information content (AvgIpc) is 2.68. The lowest BCUT2D eigenvalue weighted by Gasteiger charge is -2.09. The number of anilines is 3. The number of nitrogen functional groups attached to an aromatic ring is 1. The van der Waals surface area contributed by atoms with E-state index in [-0.39, 0.29) is 0 Å². The van der Waals surface area contributed by atoms with Gasteiger partial charge in [-0.25, -0.2) is 4.98 Å². The van der Waals surface area contributed by atoms with E-state index in [2.05, 4.69) is 42.2 Å². The first-order valence-corrected chi connectivity index (χ1v) is 7.01. The maximum absolute atomic E-state index is 5.62. The van der Waals surface area contributed by atoms with Crippen molar-refractivity contribution < 1.29 is 4.74 Å². The van der Waals surface area contributed by atoms with Gasteiger partial charge in [0, 0.05) is 10.5 Å². The standard InChI is InChI=1S/C10H9Br2N3OS/c1-16-8-3-7(5(11)2-6(8)12)15-10-14-4-9(13)17-10/h2-4H,13H2,1H3,(H,14,15). The van der Waals surface area contributed by atoms with Crippen molar-refractivity contribution in [3.05, 3.63) is 27.3 Å². The van der Waals surface area contributed by atoms with E-state index in [4.69, 9.17) is 10.5 Å². The molecule has 0 unspecified atom stereocenters. The van der Waals surface area contributed by atoms with Crippen LogP contribution in [0.1, 0.15) is 0 Å². The third-order valence-electron chi connectivity index (χ3n) is 2.01. The summed E-state index contributed by atoms with van der Waals surface area (Å²) in [6.07, 6.45) is 1.62. The van der Waals surface area contributed by atoms with Crippen LogP contribution in [-0.4, -0.2) is 12.1 Å². The second-order valence-corrected chi connectivity index (χ2v) is 5.93. The topological polar surface area (TPSA) is 60.2 Å². The minimum atomic E-state index is 0.674. The molecule has 0 aliphatic rings. The number of nitrogens with two attached hydrogens (primary N) is 1. The predicted molar refractivity (Wildman–Crippen MR) is 78.2 cm³/mol. The Morgan fingerprint density at radius 1 is 1.35 bits per heavy atom. The summed E-state index contributed by atoms with van der Waals surface area (Å²) in [6, 6.07) is 3.80. The van der Waals surface area contributed by atoms with Gasteiger partial charge in [0.1, 0.15) is 10.8 Å². The van der Waals surface area contributed by atoms with E-state index in [1.165, 1.54) is 11.3 Å². The monoisotopic (exact) mass is 377 g/mol. The number of rotatable bonds is 3. The van der Waals surface area contributed by atoms with Gasteiger partial charge in [-0.15, -0.1) is 0 Å². The lowest BCUT2D eigenvalue weighted by atomic mass is 10.3. The molecular formula is C10H9Br2N3OS. The highest BCUT2D eigenvalue weighted by Crippen LogP contribution is 2.36. The van der Waals surface area contributed by atoms with Crippen LogP contribution in [0.2, 0.25) is 0 Å². The van der Waals surface area contributed by atoms with E-state index in [9.17, 15) is 0 Å². The fourth-order valence-corrected chi connectivity index (χ4v) is 3.09. The number of hydrogen-bond donors (Lipinski definition) is 2. The number of nitrogens with zero attached hydrogens (tertiary/aromatic N) is 1. The van der Waals surface area contributed by atoms with Gasteiger partial charge in [-0.3, -0.25) is 0 Å². The summed E-state index contributed by atoms with van der Waals surface area (Å²) < 4.78 is 7.04. The Labute approximate surface area is 119 Å². The minimum Gasteiger partial charge on any atom is -0.495 e. The van der Waals surface area contributed by atoms with E-state index in [1.54, 1.807) is 13.3 Å². The maximum Gasteiger partial charge on any atom is 0.189 e. The molecule has 17 heavy (non-hydrogen) atoms. The number of hydrogen-bond acceptors (Lipinski definition) is 5. The van der Waals surface area contributed by atoms with Crippen LogP contribution >= 0.6 is 43.2 Å². The van der Waals surface area contributed by atoms with E-state index in [1.807, 2.05) is 12.1 Å². The molecule has 1 aromatic carbocycles. The number of ether oxygens (including phenoxy) is 1. The Bertz CT molecular complexity index is 544. The zero-order valence-corrected chi connectivity index (χ0v) is 12.8. The SMILES string of the molecule is COc1cc(Nc2ncc(N)s2)c(Br)cc1Br. The molecule has 0 bridgehead atoms. The summed E-state index contributed by atoms with van der Waals surface area (Å²) in [7, 11) is 1.62.